The summed E-state index contributed by atoms with van der Waals surface area (Å²) < 4.78 is 5.63. The van der Waals surface area contributed by atoms with E-state index >= 15 is 0 Å². The maximum atomic E-state index is 10.5. The number of benzene rings is 1. The number of carbonyl (C=O) groups is 1. The minimum atomic E-state index is -0.768. The van der Waals surface area contributed by atoms with Crippen LogP contribution in [0.1, 0.15) is 30.9 Å². The largest absolute Gasteiger partial charge is 0.493 e. The highest BCUT2D eigenvalue weighted by Crippen LogP contribution is 2.26. The summed E-state index contributed by atoms with van der Waals surface area (Å²) in [6.07, 6.45) is 3.70. The predicted molar refractivity (Wildman–Crippen MR) is 65.4 cm³/mol. The SMILES string of the molecule is CC(COc1ccc2c(c1)CCC2)CC(=O)O. The Morgan fingerprint density at radius 1 is 1.41 bits per heavy atom. The van der Waals surface area contributed by atoms with E-state index in [1.807, 2.05) is 13.0 Å². The Balaban J connectivity index is 1.89. The molecule has 2 rings (SSSR count). The molecule has 3 heteroatoms. The van der Waals surface area contributed by atoms with Crippen molar-refractivity contribution in [2.75, 3.05) is 6.61 Å². The van der Waals surface area contributed by atoms with Gasteiger partial charge in [0.05, 0.1) is 13.0 Å². The Morgan fingerprint density at radius 3 is 2.94 bits per heavy atom. The molecule has 0 heterocycles. The molecule has 0 fully saturated rings. The molecule has 0 bridgehead atoms. The van der Waals surface area contributed by atoms with Gasteiger partial charge in [-0.15, -0.1) is 0 Å². The van der Waals surface area contributed by atoms with E-state index in [0.29, 0.717) is 6.61 Å². The highest BCUT2D eigenvalue weighted by molar-refractivity contribution is 5.66. The highest BCUT2D eigenvalue weighted by Gasteiger charge is 2.12. The third-order valence-electron chi connectivity index (χ3n) is 3.13. The van der Waals surface area contributed by atoms with Crippen LogP contribution in [0, 0.1) is 5.92 Å². The van der Waals surface area contributed by atoms with Crippen LogP contribution >= 0.6 is 0 Å². The van der Waals surface area contributed by atoms with E-state index in [2.05, 4.69) is 12.1 Å². The molecular formula is C14H18O3. The maximum absolute atomic E-state index is 10.5. The lowest BCUT2D eigenvalue weighted by atomic mass is 10.1. The molecule has 1 N–H and O–H groups in total. The number of hydrogen-bond donors (Lipinski definition) is 1. The lowest BCUT2D eigenvalue weighted by Gasteiger charge is -2.12. The van der Waals surface area contributed by atoms with Crippen molar-refractivity contribution in [3.8, 4) is 5.75 Å². The normalized spacial score (nSPS) is 15.4. The van der Waals surface area contributed by atoms with Crippen LogP contribution in [0.2, 0.25) is 0 Å². The highest BCUT2D eigenvalue weighted by atomic mass is 16.5. The number of ether oxygens (including phenoxy) is 1. The number of fused-ring (bicyclic) bond motifs is 1. The van der Waals surface area contributed by atoms with E-state index in [0.717, 1.165) is 12.2 Å². The first-order valence-corrected chi connectivity index (χ1v) is 6.11. The van der Waals surface area contributed by atoms with Gasteiger partial charge in [-0.1, -0.05) is 13.0 Å². The second-order valence-corrected chi connectivity index (χ2v) is 4.80. The monoisotopic (exact) mass is 234 g/mol. The van der Waals surface area contributed by atoms with Gasteiger partial charge in [-0.2, -0.15) is 0 Å². The Kier molecular flexibility index (Phi) is 3.67. The molecule has 1 aromatic carbocycles. The number of rotatable bonds is 5. The van der Waals surface area contributed by atoms with Crippen LogP contribution in [0.3, 0.4) is 0 Å². The molecule has 0 saturated heterocycles. The first-order chi connectivity index (χ1) is 8.15. The van der Waals surface area contributed by atoms with E-state index < -0.39 is 5.97 Å². The molecule has 17 heavy (non-hydrogen) atoms. The van der Waals surface area contributed by atoms with Crippen molar-refractivity contribution in [3.05, 3.63) is 29.3 Å². The van der Waals surface area contributed by atoms with Crippen molar-refractivity contribution >= 4 is 5.97 Å². The molecular weight excluding hydrogens is 216 g/mol. The summed E-state index contributed by atoms with van der Waals surface area (Å²) in [6.45, 7) is 2.35. The molecule has 1 aromatic rings. The lowest BCUT2D eigenvalue weighted by Crippen LogP contribution is -2.13. The summed E-state index contributed by atoms with van der Waals surface area (Å²) in [7, 11) is 0. The minimum Gasteiger partial charge on any atom is -0.493 e. The third-order valence-corrected chi connectivity index (χ3v) is 3.13. The van der Waals surface area contributed by atoms with Crippen LogP contribution in [-0.4, -0.2) is 17.7 Å². The van der Waals surface area contributed by atoms with Gasteiger partial charge in [0.2, 0.25) is 0 Å². The van der Waals surface area contributed by atoms with E-state index in [4.69, 9.17) is 9.84 Å². The maximum Gasteiger partial charge on any atom is 0.303 e. The number of carboxylic acid groups (broad SMARTS) is 1. The molecule has 1 unspecified atom stereocenters. The molecule has 0 aromatic heterocycles. The van der Waals surface area contributed by atoms with Crippen LogP contribution in [-0.2, 0) is 17.6 Å². The molecule has 3 nitrogen and oxygen atoms in total. The summed E-state index contributed by atoms with van der Waals surface area (Å²) in [5.74, 6) is 0.138. The van der Waals surface area contributed by atoms with Crippen molar-refractivity contribution in [1.82, 2.24) is 0 Å². The molecule has 0 spiro atoms. The van der Waals surface area contributed by atoms with Crippen LogP contribution in [0.4, 0.5) is 0 Å². The zero-order chi connectivity index (χ0) is 12.3. The van der Waals surface area contributed by atoms with Crippen molar-refractivity contribution in [2.24, 2.45) is 5.92 Å². The molecule has 0 saturated carbocycles. The van der Waals surface area contributed by atoms with Crippen LogP contribution < -0.4 is 4.74 Å². The van der Waals surface area contributed by atoms with Gasteiger partial charge in [0.25, 0.3) is 0 Å². The second-order valence-electron chi connectivity index (χ2n) is 4.80. The van der Waals surface area contributed by atoms with Gasteiger partial charge in [0, 0.05) is 5.92 Å². The van der Waals surface area contributed by atoms with Gasteiger partial charge in [-0.3, -0.25) is 4.79 Å². The Morgan fingerprint density at radius 2 is 2.18 bits per heavy atom. The first-order valence-electron chi connectivity index (χ1n) is 6.11. The summed E-state index contributed by atoms with van der Waals surface area (Å²) in [5.41, 5.74) is 2.81. The van der Waals surface area contributed by atoms with E-state index in [1.165, 1.54) is 24.0 Å². The summed E-state index contributed by atoms with van der Waals surface area (Å²) >= 11 is 0. The molecule has 1 aliphatic rings. The topological polar surface area (TPSA) is 46.5 Å². The Bertz CT molecular complexity index is 412. The fourth-order valence-corrected chi connectivity index (χ4v) is 2.23. The van der Waals surface area contributed by atoms with E-state index in [-0.39, 0.29) is 12.3 Å². The van der Waals surface area contributed by atoms with Gasteiger partial charge < -0.3 is 9.84 Å². The Labute approximate surface area is 101 Å². The second kappa shape index (κ2) is 5.21. The molecule has 0 aliphatic heterocycles. The summed E-state index contributed by atoms with van der Waals surface area (Å²) in [4.78, 5) is 10.5. The van der Waals surface area contributed by atoms with Gasteiger partial charge in [0.1, 0.15) is 5.75 Å². The molecule has 1 atom stereocenters. The fraction of sp³-hybridized carbons (Fsp3) is 0.500. The van der Waals surface area contributed by atoms with Crippen molar-refractivity contribution in [3.63, 3.8) is 0 Å². The van der Waals surface area contributed by atoms with Gasteiger partial charge in [0.15, 0.2) is 0 Å². The lowest BCUT2D eigenvalue weighted by molar-refractivity contribution is -0.138. The molecule has 1 aliphatic carbocycles. The standard InChI is InChI=1S/C14H18O3/c1-10(7-14(15)16)9-17-13-6-5-11-3-2-4-12(11)8-13/h5-6,8,10H,2-4,7,9H2,1H3,(H,15,16). The van der Waals surface area contributed by atoms with Gasteiger partial charge in [-0.25, -0.2) is 0 Å². The summed E-state index contributed by atoms with van der Waals surface area (Å²) in [6, 6.07) is 6.20. The van der Waals surface area contributed by atoms with Crippen molar-refractivity contribution < 1.29 is 14.6 Å². The number of aryl methyl sites for hydroxylation is 2. The van der Waals surface area contributed by atoms with Crippen LogP contribution in [0.15, 0.2) is 18.2 Å². The molecule has 92 valence electrons. The third kappa shape index (κ3) is 3.22. The zero-order valence-electron chi connectivity index (χ0n) is 10.1. The molecule has 0 amide bonds. The Hall–Kier alpha value is -1.51. The van der Waals surface area contributed by atoms with Gasteiger partial charge in [-0.05, 0) is 42.5 Å². The van der Waals surface area contributed by atoms with E-state index in [9.17, 15) is 4.79 Å². The number of aliphatic carboxylic acids is 1. The zero-order valence-corrected chi connectivity index (χ0v) is 10.1. The fourth-order valence-electron chi connectivity index (χ4n) is 2.23. The smallest absolute Gasteiger partial charge is 0.303 e. The number of carboxylic acids is 1. The summed E-state index contributed by atoms with van der Waals surface area (Å²) in [5, 5.41) is 8.65. The predicted octanol–water partition coefficient (Wildman–Crippen LogP) is 2.66. The minimum absolute atomic E-state index is 0.0424. The average Bonchev–Trinajstić information content (AvgIpc) is 2.72. The van der Waals surface area contributed by atoms with Crippen LogP contribution in [0.5, 0.6) is 5.75 Å². The van der Waals surface area contributed by atoms with E-state index in [1.54, 1.807) is 0 Å². The molecule has 0 radical (unpaired) electrons. The van der Waals surface area contributed by atoms with Crippen LogP contribution in [0.25, 0.3) is 0 Å². The average molecular weight is 234 g/mol. The van der Waals surface area contributed by atoms with Crippen molar-refractivity contribution in [2.45, 2.75) is 32.6 Å². The first kappa shape index (κ1) is 12.0. The van der Waals surface area contributed by atoms with Crippen molar-refractivity contribution in [1.29, 1.82) is 0 Å². The quantitative estimate of drug-likeness (QED) is 0.852. The van der Waals surface area contributed by atoms with Gasteiger partial charge >= 0.3 is 5.97 Å². The number of hydrogen-bond acceptors (Lipinski definition) is 2.